The molecule has 2 rings (SSSR count). The molecule has 2 aromatic rings. The molecule has 0 amide bonds. The van der Waals surface area contributed by atoms with Gasteiger partial charge in [-0.25, -0.2) is 0 Å². The normalized spacial score (nSPS) is 13.5. The van der Waals surface area contributed by atoms with Crippen LogP contribution in [0.4, 0.5) is 13.2 Å². The molecule has 0 radical (unpaired) electrons. The number of halogens is 4. The predicted molar refractivity (Wildman–Crippen MR) is 74.3 cm³/mol. The quantitative estimate of drug-likeness (QED) is 0.844. The van der Waals surface area contributed by atoms with Crippen molar-refractivity contribution in [1.29, 1.82) is 0 Å². The first-order valence-electron chi connectivity index (χ1n) is 5.96. The lowest BCUT2D eigenvalue weighted by atomic mass is 10.1. The number of furan rings is 1. The molecule has 1 heterocycles. The van der Waals surface area contributed by atoms with Gasteiger partial charge >= 0.3 is 6.18 Å². The van der Waals surface area contributed by atoms with Crippen LogP contribution in [0.3, 0.4) is 0 Å². The molecular weight excluding hydrogens is 335 g/mol. The van der Waals surface area contributed by atoms with E-state index in [1.165, 1.54) is 0 Å². The minimum absolute atomic E-state index is 0.00186. The molecule has 0 fully saturated rings. The van der Waals surface area contributed by atoms with E-state index < -0.39 is 11.7 Å². The molecule has 2 nitrogen and oxygen atoms in total. The van der Waals surface area contributed by atoms with Crippen LogP contribution in [0.25, 0.3) is 11.3 Å². The molecule has 1 atom stereocenters. The summed E-state index contributed by atoms with van der Waals surface area (Å²) in [5.41, 5.74) is -0.317. The van der Waals surface area contributed by atoms with Gasteiger partial charge in [0, 0.05) is 10.0 Å². The van der Waals surface area contributed by atoms with Crippen molar-refractivity contribution in [2.45, 2.75) is 19.1 Å². The van der Waals surface area contributed by atoms with Crippen LogP contribution < -0.4 is 5.32 Å². The van der Waals surface area contributed by atoms with E-state index in [2.05, 4.69) is 21.2 Å². The zero-order chi connectivity index (χ0) is 14.9. The number of rotatable bonds is 3. The number of alkyl halides is 3. The van der Waals surface area contributed by atoms with Gasteiger partial charge in [0.2, 0.25) is 0 Å². The summed E-state index contributed by atoms with van der Waals surface area (Å²) in [7, 11) is 1.79. The lowest BCUT2D eigenvalue weighted by Gasteiger charge is -2.09. The second-order valence-corrected chi connectivity index (χ2v) is 5.35. The lowest BCUT2D eigenvalue weighted by molar-refractivity contribution is -0.137. The van der Waals surface area contributed by atoms with Crippen molar-refractivity contribution >= 4 is 15.9 Å². The van der Waals surface area contributed by atoms with Crippen molar-refractivity contribution < 1.29 is 17.6 Å². The monoisotopic (exact) mass is 347 g/mol. The fraction of sp³-hybridized carbons (Fsp3) is 0.286. The summed E-state index contributed by atoms with van der Waals surface area (Å²) >= 11 is 3.10. The van der Waals surface area contributed by atoms with Crippen molar-refractivity contribution in [2.75, 3.05) is 7.05 Å². The third-order valence-electron chi connectivity index (χ3n) is 3.00. The second-order valence-electron chi connectivity index (χ2n) is 4.44. The molecule has 1 unspecified atom stereocenters. The van der Waals surface area contributed by atoms with E-state index in [0.717, 1.165) is 12.1 Å². The Bertz CT molecular complexity index is 607. The molecular formula is C14H13BrF3NO. The summed E-state index contributed by atoms with van der Waals surface area (Å²) in [6, 6.07) is 7.15. The van der Waals surface area contributed by atoms with Gasteiger partial charge in [-0.3, -0.25) is 0 Å². The summed E-state index contributed by atoms with van der Waals surface area (Å²) < 4.78 is 44.3. The van der Waals surface area contributed by atoms with E-state index in [0.29, 0.717) is 21.6 Å². The van der Waals surface area contributed by atoms with Gasteiger partial charge < -0.3 is 9.73 Å². The Balaban J connectivity index is 2.42. The molecule has 108 valence electrons. The first-order chi connectivity index (χ1) is 9.31. The largest absolute Gasteiger partial charge is 0.459 e. The van der Waals surface area contributed by atoms with Crippen LogP contribution in [0.5, 0.6) is 0 Å². The minimum Gasteiger partial charge on any atom is -0.459 e. The fourth-order valence-corrected chi connectivity index (χ4v) is 2.27. The highest BCUT2D eigenvalue weighted by atomic mass is 79.9. The van der Waals surface area contributed by atoms with Crippen molar-refractivity contribution in [3.05, 3.63) is 46.1 Å². The fourth-order valence-electron chi connectivity index (χ4n) is 1.78. The second kappa shape index (κ2) is 5.61. The Kier molecular flexibility index (Phi) is 4.25. The summed E-state index contributed by atoms with van der Waals surface area (Å²) in [5, 5.41) is 3.01. The van der Waals surface area contributed by atoms with E-state index in [4.69, 9.17) is 4.42 Å². The van der Waals surface area contributed by atoms with Crippen LogP contribution in [0.15, 0.2) is 39.2 Å². The highest BCUT2D eigenvalue weighted by molar-refractivity contribution is 9.10. The molecule has 0 saturated heterocycles. The van der Waals surface area contributed by atoms with Crippen LogP contribution in [0.2, 0.25) is 0 Å². The number of nitrogens with one attached hydrogen (secondary N) is 1. The Hall–Kier alpha value is -1.27. The summed E-state index contributed by atoms with van der Waals surface area (Å²) in [4.78, 5) is 0. The molecule has 0 aliphatic carbocycles. The third kappa shape index (κ3) is 3.24. The van der Waals surface area contributed by atoms with Gasteiger partial charge in [-0.05, 0) is 44.3 Å². The Morgan fingerprint density at radius 3 is 2.50 bits per heavy atom. The first-order valence-corrected chi connectivity index (χ1v) is 6.75. The maximum atomic E-state index is 12.8. The van der Waals surface area contributed by atoms with Gasteiger partial charge in [0.05, 0.1) is 11.6 Å². The van der Waals surface area contributed by atoms with E-state index in [1.54, 1.807) is 25.2 Å². The average molecular weight is 348 g/mol. The molecule has 1 N–H and O–H groups in total. The van der Waals surface area contributed by atoms with Crippen LogP contribution in [0.1, 0.15) is 24.3 Å². The van der Waals surface area contributed by atoms with Crippen molar-refractivity contribution in [2.24, 2.45) is 0 Å². The summed E-state index contributed by atoms with van der Waals surface area (Å²) in [5.74, 6) is 1.09. The van der Waals surface area contributed by atoms with Crippen LogP contribution >= 0.6 is 15.9 Å². The van der Waals surface area contributed by atoms with Gasteiger partial charge in [-0.15, -0.1) is 0 Å². The highest BCUT2D eigenvalue weighted by Crippen LogP contribution is 2.35. The first kappa shape index (κ1) is 15.1. The van der Waals surface area contributed by atoms with Crippen molar-refractivity contribution in [3.63, 3.8) is 0 Å². The van der Waals surface area contributed by atoms with E-state index in [1.807, 2.05) is 6.92 Å². The van der Waals surface area contributed by atoms with E-state index in [9.17, 15) is 13.2 Å². The molecule has 0 spiro atoms. The Labute approximate surface area is 123 Å². The molecule has 0 saturated carbocycles. The van der Waals surface area contributed by atoms with Gasteiger partial charge in [-0.2, -0.15) is 13.2 Å². The Morgan fingerprint density at radius 2 is 1.90 bits per heavy atom. The SMILES string of the molecule is CNC(C)c1ccc(-c2cc(Br)cc(C(F)(F)F)c2)o1. The average Bonchev–Trinajstić information content (AvgIpc) is 2.85. The molecule has 1 aromatic heterocycles. The van der Waals surface area contributed by atoms with E-state index in [-0.39, 0.29) is 6.04 Å². The van der Waals surface area contributed by atoms with E-state index >= 15 is 0 Å². The van der Waals surface area contributed by atoms with Gasteiger partial charge in [0.15, 0.2) is 0 Å². The lowest BCUT2D eigenvalue weighted by Crippen LogP contribution is -2.11. The molecule has 0 bridgehead atoms. The number of hydrogen-bond acceptors (Lipinski definition) is 2. The van der Waals surface area contributed by atoms with Crippen molar-refractivity contribution in [1.82, 2.24) is 5.32 Å². The maximum absolute atomic E-state index is 12.8. The van der Waals surface area contributed by atoms with Gasteiger partial charge in [0.1, 0.15) is 11.5 Å². The standard InChI is InChI=1S/C14H13BrF3NO/c1-8(19-2)12-3-4-13(20-12)9-5-10(14(16,17)18)7-11(15)6-9/h3-8,19H,1-2H3. The van der Waals surface area contributed by atoms with Crippen molar-refractivity contribution in [3.8, 4) is 11.3 Å². The maximum Gasteiger partial charge on any atom is 0.416 e. The molecule has 0 aliphatic heterocycles. The third-order valence-corrected chi connectivity index (χ3v) is 3.45. The zero-order valence-corrected chi connectivity index (χ0v) is 12.5. The summed E-state index contributed by atoms with van der Waals surface area (Å²) in [6.07, 6.45) is -4.38. The minimum atomic E-state index is -4.38. The molecule has 6 heteroatoms. The van der Waals surface area contributed by atoms with Crippen LogP contribution in [-0.4, -0.2) is 7.05 Å². The predicted octanol–water partition coefficient (Wildman–Crippen LogP) is 5.01. The van der Waals surface area contributed by atoms with Gasteiger partial charge in [-0.1, -0.05) is 15.9 Å². The molecule has 20 heavy (non-hydrogen) atoms. The topological polar surface area (TPSA) is 25.2 Å². The summed E-state index contributed by atoms with van der Waals surface area (Å²) in [6.45, 7) is 1.91. The number of benzene rings is 1. The zero-order valence-electron chi connectivity index (χ0n) is 10.9. The van der Waals surface area contributed by atoms with Crippen LogP contribution in [-0.2, 0) is 6.18 Å². The smallest absolute Gasteiger partial charge is 0.416 e. The van der Waals surface area contributed by atoms with Gasteiger partial charge in [0.25, 0.3) is 0 Å². The Morgan fingerprint density at radius 1 is 1.20 bits per heavy atom. The van der Waals surface area contributed by atoms with Crippen LogP contribution in [0, 0.1) is 0 Å². The highest BCUT2D eigenvalue weighted by Gasteiger charge is 2.31. The molecule has 0 aliphatic rings. The number of hydrogen-bond donors (Lipinski definition) is 1. The molecule has 1 aromatic carbocycles.